The number of hydrogen-bond acceptors (Lipinski definition) is 0. The fourth-order valence-electron chi connectivity index (χ4n) is 3.48. The van der Waals surface area contributed by atoms with Crippen LogP contribution < -0.4 is 10.6 Å². The van der Waals surface area contributed by atoms with E-state index in [9.17, 15) is 43.9 Å². The quantitative estimate of drug-likeness (QED) is 0.217. The highest BCUT2D eigenvalue weighted by Crippen LogP contribution is 2.57. The second-order valence-corrected chi connectivity index (χ2v) is 9.53. The number of hydrogen-bond donors (Lipinski definition) is 0. The first-order valence-electron chi connectivity index (χ1n) is 8.47. The lowest BCUT2D eigenvalue weighted by atomic mass is 10.1. The minimum atomic E-state index is -3.41. The van der Waals surface area contributed by atoms with Gasteiger partial charge in [0.15, 0.2) is 46.5 Å². The molecule has 1 unspecified atom stereocenters. The van der Waals surface area contributed by atoms with Crippen molar-refractivity contribution in [1.29, 1.82) is 0 Å². The predicted molar refractivity (Wildman–Crippen MR) is 94.6 cm³/mol. The van der Waals surface area contributed by atoms with Gasteiger partial charge in [0.2, 0.25) is 11.6 Å². The molecule has 0 N–H and O–H groups in total. The van der Waals surface area contributed by atoms with Gasteiger partial charge in [-0.15, -0.1) is 0 Å². The number of rotatable bonds is 3. The Kier molecular flexibility index (Phi) is 5.76. The summed E-state index contributed by atoms with van der Waals surface area (Å²) in [4.78, 5) is 0. The van der Waals surface area contributed by atoms with Crippen molar-refractivity contribution in [3.05, 3.63) is 81.5 Å². The second kappa shape index (κ2) is 7.65. The van der Waals surface area contributed by atoms with Crippen LogP contribution in [0.4, 0.5) is 43.9 Å². The van der Waals surface area contributed by atoms with Crippen molar-refractivity contribution >= 4 is 18.5 Å². The maximum absolute atomic E-state index is 14.7. The van der Waals surface area contributed by atoms with Gasteiger partial charge in [0, 0.05) is 5.16 Å². The van der Waals surface area contributed by atoms with Gasteiger partial charge in [-0.25, -0.2) is 43.9 Å². The molecule has 0 bridgehead atoms. The van der Waals surface area contributed by atoms with E-state index in [-0.39, 0.29) is 5.57 Å². The zero-order chi connectivity index (χ0) is 23.6. The molecule has 0 aliphatic heterocycles. The van der Waals surface area contributed by atoms with Crippen LogP contribution in [0.2, 0.25) is 0 Å². The van der Waals surface area contributed by atoms with E-state index in [2.05, 4.69) is 0 Å². The molecule has 0 saturated carbocycles. The van der Waals surface area contributed by atoms with Crippen LogP contribution in [-0.4, -0.2) is 5.16 Å². The van der Waals surface area contributed by atoms with Gasteiger partial charge in [0.1, 0.15) is 0 Å². The number of allylic oxidation sites excluding steroid dienone is 4. The molecular formula is C20H11F10P. The smallest absolute Gasteiger partial charge is 0.200 e. The molecule has 0 aromatic heterocycles. The van der Waals surface area contributed by atoms with Gasteiger partial charge >= 0.3 is 0 Å². The Hall–Kier alpha value is -2.35. The first kappa shape index (κ1) is 23.3. The van der Waals surface area contributed by atoms with Crippen LogP contribution in [0.15, 0.2) is 23.3 Å². The Morgan fingerprint density at radius 3 is 1.10 bits per heavy atom. The van der Waals surface area contributed by atoms with Crippen molar-refractivity contribution in [1.82, 2.24) is 0 Å². The normalized spacial score (nSPS) is 18.6. The van der Waals surface area contributed by atoms with Crippen molar-refractivity contribution in [2.75, 3.05) is 0 Å². The highest BCUT2D eigenvalue weighted by molar-refractivity contribution is 7.74. The third kappa shape index (κ3) is 3.26. The van der Waals surface area contributed by atoms with E-state index in [1.54, 1.807) is 0 Å². The monoisotopic (exact) mass is 472 g/mol. The first-order valence-corrected chi connectivity index (χ1v) is 9.81. The van der Waals surface area contributed by atoms with Crippen LogP contribution in [0.3, 0.4) is 0 Å². The average molecular weight is 472 g/mol. The maximum atomic E-state index is 14.7. The molecule has 0 nitrogen and oxygen atoms in total. The zero-order valence-corrected chi connectivity index (χ0v) is 16.8. The Labute approximate surface area is 170 Å². The lowest BCUT2D eigenvalue weighted by Gasteiger charge is -2.36. The fraction of sp³-hybridized carbons (Fsp3) is 0.200. The van der Waals surface area contributed by atoms with Crippen molar-refractivity contribution < 1.29 is 43.9 Å². The Balaban J connectivity index is 2.56. The van der Waals surface area contributed by atoms with Crippen LogP contribution in [-0.2, 0) is 0 Å². The Morgan fingerprint density at radius 1 is 0.548 bits per heavy atom. The van der Waals surface area contributed by atoms with Gasteiger partial charge in [-0.1, -0.05) is 23.3 Å². The van der Waals surface area contributed by atoms with Crippen LogP contribution in [0.5, 0.6) is 0 Å². The topological polar surface area (TPSA) is 0 Å². The minimum Gasteiger partial charge on any atom is -0.203 e. The molecule has 0 saturated heterocycles. The molecular weight excluding hydrogens is 461 g/mol. The molecule has 0 heterocycles. The molecule has 2 aromatic rings. The van der Waals surface area contributed by atoms with E-state index in [4.69, 9.17) is 0 Å². The molecule has 0 fully saturated rings. The molecule has 0 amide bonds. The van der Waals surface area contributed by atoms with Gasteiger partial charge < -0.3 is 0 Å². The lowest BCUT2D eigenvalue weighted by Crippen LogP contribution is -2.38. The first-order chi connectivity index (χ1) is 14.3. The molecule has 11 heteroatoms. The van der Waals surface area contributed by atoms with E-state index >= 15 is 0 Å². The van der Waals surface area contributed by atoms with E-state index in [0.717, 1.165) is 6.92 Å². The van der Waals surface area contributed by atoms with E-state index in [0.29, 0.717) is 5.57 Å². The van der Waals surface area contributed by atoms with E-state index < -0.39 is 81.9 Å². The minimum absolute atomic E-state index is 0.156. The summed E-state index contributed by atoms with van der Waals surface area (Å²) >= 11 is 0. The SMILES string of the molecule is CC1=CC(C)(P(c2c(F)c(F)c(F)c(F)c2F)c2c(F)c(F)c(F)c(F)c2F)C(C)=C1. The molecule has 1 atom stereocenters. The summed E-state index contributed by atoms with van der Waals surface area (Å²) in [5, 5.41) is -5.15. The Bertz CT molecular complexity index is 1060. The molecule has 0 radical (unpaired) electrons. The summed E-state index contributed by atoms with van der Waals surface area (Å²) in [7, 11) is -3.41. The number of halogens is 10. The summed E-state index contributed by atoms with van der Waals surface area (Å²) in [5.74, 6) is -24.4. The third-order valence-electron chi connectivity index (χ3n) is 5.04. The molecule has 3 rings (SSSR count). The van der Waals surface area contributed by atoms with Crippen molar-refractivity contribution in [2.24, 2.45) is 0 Å². The highest BCUT2D eigenvalue weighted by Gasteiger charge is 2.47. The van der Waals surface area contributed by atoms with Gasteiger partial charge in [-0.05, 0) is 28.7 Å². The van der Waals surface area contributed by atoms with Crippen molar-refractivity contribution in [2.45, 2.75) is 25.9 Å². The highest BCUT2D eigenvalue weighted by atomic mass is 31.1. The van der Waals surface area contributed by atoms with Gasteiger partial charge in [0.05, 0.1) is 10.6 Å². The summed E-state index contributed by atoms with van der Waals surface area (Å²) in [5.41, 5.74) is 0.546. The molecule has 1 aliphatic carbocycles. The molecule has 0 spiro atoms. The lowest BCUT2D eigenvalue weighted by molar-refractivity contribution is 0.382. The van der Waals surface area contributed by atoms with E-state index in [1.165, 1.54) is 26.0 Å². The van der Waals surface area contributed by atoms with Crippen molar-refractivity contribution in [3.8, 4) is 0 Å². The Morgan fingerprint density at radius 2 is 0.839 bits per heavy atom. The summed E-state index contributed by atoms with van der Waals surface area (Å²) < 4.78 is 141. The van der Waals surface area contributed by atoms with Crippen LogP contribution in [0.1, 0.15) is 20.8 Å². The van der Waals surface area contributed by atoms with Crippen molar-refractivity contribution in [3.63, 3.8) is 0 Å². The standard InChI is InChI=1S/C20H11F10P/c1-6-4-7(2)20(3,5-6)31(18-14(27)10(23)8(21)11(24)15(18)28)19-16(29)12(25)9(22)13(26)17(19)30/h4-5H,1-3H3. The molecule has 1 aliphatic rings. The zero-order valence-electron chi connectivity index (χ0n) is 15.9. The predicted octanol–water partition coefficient (Wildman–Crippen LogP) is 6.18. The van der Waals surface area contributed by atoms with Crippen LogP contribution in [0, 0.1) is 58.2 Å². The fourth-order valence-corrected chi connectivity index (χ4v) is 6.56. The summed E-state index contributed by atoms with van der Waals surface area (Å²) in [6, 6.07) is 0. The van der Waals surface area contributed by atoms with Crippen LogP contribution in [0.25, 0.3) is 0 Å². The largest absolute Gasteiger partial charge is 0.203 e. The van der Waals surface area contributed by atoms with E-state index in [1.807, 2.05) is 0 Å². The third-order valence-corrected chi connectivity index (χ3v) is 8.13. The van der Waals surface area contributed by atoms with Gasteiger partial charge in [-0.3, -0.25) is 0 Å². The molecule has 166 valence electrons. The second-order valence-electron chi connectivity index (χ2n) is 7.04. The maximum Gasteiger partial charge on any atom is 0.200 e. The molecule has 31 heavy (non-hydrogen) atoms. The average Bonchev–Trinajstić information content (AvgIpc) is 2.98. The molecule has 2 aromatic carbocycles. The van der Waals surface area contributed by atoms with Gasteiger partial charge in [-0.2, -0.15) is 0 Å². The summed E-state index contributed by atoms with van der Waals surface area (Å²) in [6.45, 7) is 3.96. The van der Waals surface area contributed by atoms with Crippen LogP contribution >= 0.6 is 7.92 Å². The number of benzene rings is 2. The van der Waals surface area contributed by atoms with Gasteiger partial charge in [0.25, 0.3) is 0 Å². The summed E-state index contributed by atoms with van der Waals surface area (Å²) in [6.07, 6.45) is 2.61.